The molecule has 0 spiro atoms. The zero-order chi connectivity index (χ0) is 12.7. The molecule has 5 nitrogen and oxygen atoms in total. The van der Waals surface area contributed by atoms with Gasteiger partial charge in [-0.15, -0.1) is 0 Å². The van der Waals surface area contributed by atoms with Crippen LogP contribution in [0.25, 0.3) is 0 Å². The molecule has 1 rings (SSSR count). The SMILES string of the molecule is CCCN(CCC)S(=O)(=O)NCCNC1CC1. The van der Waals surface area contributed by atoms with Gasteiger partial charge >= 0.3 is 0 Å². The lowest BCUT2D eigenvalue weighted by atomic mass is 10.4. The molecule has 0 bridgehead atoms. The second-order valence-electron chi connectivity index (χ2n) is 4.53. The molecule has 0 atom stereocenters. The van der Waals surface area contributed by atoms with Crippen LogP contribution in [-0.2, 0) is 10.2 Å². The van der Waals surface area contributed by atoms with E-state index in [0.717, 1.165) is 19.4 Å². The minimum Gasteiger partial charge on any atom is -0.313 e. The second-order valence-corrected chi connectivity index (χ2v) is 6.28. The van der Waals surface area contributed by atoms with Crippen molar-refractivity contribution in [1.29, 1.82) is 0 Å². The van der Waals surface area contributed by atoms with Crippen molar-refractivity contribution in [3.8, 4) is 0 Å². The largest absolute Gasteiger partial charge is 0.313 e. The first kappa shape index (κ1) is 14.9. The molecule has 6 heteroatoms. The summed E-state index contributed by atoms with van der Waals surface area (Å²) in [5.41, 5.74) is 0. The van der Waals surface area contributed by atoms with Crippen molar-refractivity contribution in [3.05, 3.63) is 0 Å². The number of hydrogen-bond donors (Lipinski definition) is 2. The second kappa shape index (κ2) is 7.31. The monoisotopic (exact) mass is 263 g/mol. The van der Waals surface area contributed by atoms with Crippen LogP contribution in [0, 0.1) is 0 Å². The summed E-state index contributed by atoms with van der Waals surface area (Å²) in [5.74, 6) is 0. The van der Waals surface area contributed by atoms with E-state index in [1.54, 1.807) is 0 Å². The first-order valence-electron chi connectivity index (χ1n) is 6.58. The maximum absolute atomic E-state index is 12.0. The molecule has 1 fully saturated rings. The molecule has 1 aliphatic rings. The van der Waals surface area contributed by atoms with Crippen molar-refractivity contribution in [2.75, 3.05) is 26.2 Å². The van der Waals surface area contributed by atoms with Gasteiger partial charge < -0.3 is 5.32 Å². The number of hydrogen-bond acceptors (Lipinski definition) is 3. The van der Waals surface area contributed by atoms with Crippen LogP contribution in [0.1, 0.15) is 39.5 Å². The highest BCUT2D eigenvalue weighted by atomic mass is 32.2. The average molecular weight is 263 g/mol. The Morgan fingerprint density at radius 3 is 2.18 bits per heavy atom. The fourth-order valence-corrected chi connectivity index (χ4v) is 3.07. The molecule has 102 valence electrons. The van der Waals surface area contributed by atoms with Gasteiger partial charge in [0, 0.05) is 32.2 Å². The predicted molar refractivity (Wildman–Crippen MR) is 70.1 cm³/mol. The van der Waals surface area contributed by atoms with Crippen molar-refractivity contribution in [3.63, 3.8) is 0 Å². The zero-order valence-electron chi connectivity index (χ0n) is 10.9. The molecule has 0 amide bonds. The molecule has 2 N–H and O–H groups in total. The van der Waals surface area contributed by atoms with E-state index in [1.165, 1.54) is 17.1 Å². The van der Waals surface area contributed by atoms with Crippen LogP contribution in [0.2, 0.25) is 0 Å². The average Bonchev–Trinajstić information content (AvgIpc) is 3.08. The predicted octanol–water partition coefficient (Wildman–Crippen LogP) is 0.695. The van der Waals surface area contributed by atoms with Crippen molar-refractivity contribution >= 4 is 10.2 Å². The molecule has 0 heterocycles. The Morgan fingerprint density at radius 2 is 1.71 bits per heavy atom. The lowest BCUT2D eigenvalue weighted by molar-refractivity contribution is 0.401. The maximum atomic E-state index is 12.0. The van der Waals surface area contributed by atoms with Crippen molar-refractivity contribution in [1.82, 2.24) is 14.3 Å². The highest BCUT2D eigenvalue weighted by Crippen LogP contribution is 2.17. The van der Waals surface area contributed by atoms with E-state index >= 15 is 0 Å². The van der Waals surface area contributed by atoms with Crippen molar-refractivity contribution in [2.24, 2.45) is 0 Å². The molecule has 1 saturated carbocycles. The Morgan fingerprint density at radius 1 is 1.12 bits per heavy atom. The molecule has 0 radical (unpaired) electrons. The van der Waals surface area contributed by atoms with Gasteiger partial charge in [0.05, 0.1) is 0 Å². The fourth-order valence-electron chi connectivity index (χ4n) is 1.69. The van der Waals surface area contributed by atoms with E-state index in [-0.39, 0.29) is 0 Å². The van der Waals surface area contributed by atoms with Crippen LogP contribution in [0.15, 0.2) is 0 Å². The highest BCUT2D eigenvalue weighted by molar-refractivity contribution is 7.87. The third-order valence-corrected chi connectivity index (χ3v) is 4.32. The molecule has 17 heavy (non-hydrogen) atoms. The molecular weight excluding hydrogens is 238 g/mol. The Kier molecular flexibility index (Phi) is 6.40. The van der Waals surface area contributed by atoms with Crippen LogP contribution in [0.3, 0.4) is 0 Å². The Hall–Kier alpha value is -0.170. The van der Waals surface area contributed by atoms with Crippen molar-refractivity contribution < 1.29 is 8.42 Å². The van der Waals surface area contributed by atoms with Crippen LogP contribution < -0.4 is 10.0 Å². The molecule has 0 aromatic carbocycles. The first-order valence-corrected chi connectivity index (χ1v) is 8.02. The van der Waals surface area contributed by atoms with E-state index in [4.69, 9.17) is 0 Å². The first-order chi connectivity index (χ1) is 8.10. The number of nitrogens with one attached hydrogen (secondary N) is 2. The normalized spacial score (nSPS) is 16.6. The Labute approximate surface area is 105 Å². The van der Waals surface area contributed by atoms with E-state index in [0.29, 0.717) is 25.7 Å². The van der Waals surface area contributed by atoms with Crippen molar-refractivity contribution in [2.45, 2.75) is 45.6 Å². The van der Waals surface area contributed by atoms with Gasteiger partial charge in [0.25, 0.3) is 10.2 Å². The summed E-state index contributed by atoms with van der Waals surface area (Å²) in [6.45, 7) is 6.37. The summed E-state index contributed by atoms with van der Waals surface area (Å²) in [7, 11) is -3.28. The van der Waals surface area contributed by atoms with Gasteiger partial charge in [-0.25, -0.2) is 4.72 Å². The highest BCUT2D eigenvalue weighted by Gasteiger charge is 2.21. The lowest BCUT2D eigenvalue weighted by Crippen LogP contribution is -2.43. The molecule has 0 aliphatic heterocycles. The molecule has 0 saturated heterocycles. The molecule has 0 aromatic heterocycles. The quantitative estimate of drug-likeness (QED) is 0.570. The van der Waals surface area contributed by atoms with Gasteiger partial charge in [-0.3, -0.25) is 0 Å². The van der Waals surface area contributed by atoms with Gasteiger partial charge in [0.15, 0.2) is 0 Å². The summed E-state index contributed by atoms with van der Waals surface area (Å²) in [6.07, 6.45) is 4.15. The van der Waals surface area contributed by atoms with Gasteiger partial charge in [-0.1, -0.05) is 13.8 Å². The number of nitrogens with zero attached hydrogens (tertiary/aromatic N) is 1. The van der Waals surface area contributed by atoms with E-state index in [2.05, 4.69) is 10.0 Å². The minimum absolute atomic E-state index is 0.475. The van der Waals surface area contributed by atoms with Gasteiger partial charge in [-0.2, -0.15) is 12.7 Å². The minimum atomic E-state index is -3.28. The fraction of sp³-hybridized carbons (Fsp3) is 1.00. The molecule has 0 aromatic rings. The van der Waals surface area contributed by atoms with E-state index < -0.39 is 10.2 Å². The summed E-state index contributed by atoms with van der Waals surface area (Å²) in [4.78, 5) is 0. The third-order valence-electron chi connectivity index (χ3n) is 2.71. The van der Waals surface area contributed by atoms with Crippen LogP contribution >= 0.6 is 0 Å². The van der Waals surface area contributed by atoms with Crippen LogP contribution in [0.4, 0.5) is 0 Å². The standard InChI is InChI=1S/C11H25N3O2S/c1-3-9-14(10-4-2)17(15,16)13-8-7-12-11-5-6-11/h11-13H,3-10H2,1-2H3. The van der Waals surface area contributed by atoms with Crippen LogP contribution in [0.5, 0.6) is 0 Å². The Bertz CT molecular complexity index is 296. The number of rotatable bonds is 10. The smallest absolute Gasteiger partial charge is 0.279 e. The molecule has 1 aliphatic carbocycles. The van der Waals surface area contributed by atoms with Gasteiger partial charge in [0.2, 0.25) is 0 Å². The topological polar surface area (TPSA) is 61.4 Å². The third kappa shape index (κ3) is 5.81. The van der Waals surface area contributed by atoms with Crippen LogP contribution in [-0.4, -0.2) is 44.9 Å². The van der Waals surface area contributed by atoms with E-state index in [1.807, 2.05) is 13.8 Å². The molecular formula is C11H25N3O2S. The summed E-state index contributed by atoms with van der Waals surface area (Å²) in [6, 6.07) is 0.627. The summed E-state index contributed by atoms with van der Waals surface area (Å²) >= 11 is 0. The van der Waals surface area contributed by atoms with Gasteiger partial charge in [-0.05, 0) is 25.7 Å². The maximum Gasteiger partial charge on any atom is 0.279 e. The summed E-state index contributed by atoms with van der Waals surface area (Å²) < 4.78 is 28.1. The lowest BCUT2D eigenvalue weighted by Gasteiger charge is -2.21. The zero-order valence-corrected chi connectivity index (χ0v) is 11.7. The molecule has 0 unspecified atom stereocenters. The van der Waals surface area contributed by atoms with Gasteiger partial charge in [0.1, 0.15) is 0 Å². The van der Waals surface area contributed by atoms with E-state index in [9.17, 15) is 8.42 Å². The summed E-state index contributed by atoms with van der Waals surface area (Å²) in [5, 5.41) is 3.29. The Balaban J connectivity index is 2.28.